The normalized spacial score (nSPS) is 24.8. The summed E-state index contributed by atoms with van der Waals surface area (Å²) >= 11 is 5.88. The second kappa shape index (κ2) is 3.61. The largest absolute Gasteiger partial charge is 0.482 e. The maximum atomic E-state index is 5.88. The van der Waals surface area contributed by atoms with E-state index in [4.69, 9.17) is 16.3 Å². The third-order valence-electron chi connectivity index (χ3n) is 2.39. The van der Waals surface area contributed by atoms with Crippen LogP contribution in [0, 0.1) is 0 Å². The van der Waals surface area contributed by atoms with E-state index in [1.165, 1.54) is 6.33 Å². The highest BCUT2D eigenvalue weighted by Gasteiger charge is 2.27. The Balaban J connectivity index is 2.35. The van der Waals surface area contributed by atoms with Crippen LogP contribution in [0.2, 0.25) is 5.15 Å². The van der Waals surface area contributed by atoms with Gasteiger partial charge in [-0.3, -0.25) is 0 Å². The predicted molar refractivity (Wildman–Crippen MR) is 54.8 cm³/mol. The molecule has 0 fully saturated rings. The fourth-order valence-electron chi connectivity index (χ4n) is 1.55. The molecule has 0 aromatic carbocycles. The number of nitrogens with zero attached hydrogens (tertiary/aromatic N) is 2. The molecule has 76 valence electrons. The molecule has 1 aromatic heterocycles. The second-order valence-electron chi connectivity index (χ2n) is 3.32. The van der Waals surface area contributed by atoms with E-state index in [9.17, 15) is 0 Å². The number of ether oxygens (including phenoxy) is 1. The van der Waals surface area contributed by atoms with E-state index in [1.54, 1.807) is 0 Å². The Morgan fingerprint density at radius 3 is 3.07 bits per heavy atom. The van der Waals surface area contributed by atoms with Crippen molar-refractivity contribution in [2.24, 2.45) is 0 Å². The Bertz CT molecular complexity index is 345. The Kier molecular flexibility index (Phi) is 2.46. The van der Waals surface area contributed by atoms with E-state index in [0.717, 1.165) is 6.42 Å². The minimum absolute atomic E-state index is 0.0935. The van der Waals surface area contributed by atoms with Gasteiger partial charge in [-0.15, -0.1) is 0 Å². The Morgan fingerprint density at radius 1 is 1.57 bits per heavy atom. The van der Waals surface area contributed by atoms with Gasteiger partial charge in [-0.1, -0.05) is 18.5 Å². The van der Waals surface area contributed by atoms with Gasteiger partial charge in [0.05, 0.1) is 6.04 Å². The molecule has 4 nitrogen and oxygen atoms in total. The second-order valence-corrected chi connectivity index (χ2v) is 3.68. The Morgan fingerprint density at radius 2 is 2.36 bits per heavy atom. The summed E-state index contributed by atoms with van der Waals surface area (Å²) in [6, 6.07) is 0.286. The number of rotatable bonds is 1. The maximum absolute atomic E-state index is 5.88. The van der Waals surface area contributed by atoms with Crippen LogP contribution in [0.1, 0.15) is 20.3 Å². The van der Waals surface area contributed by atoms with E-state index >= 15 is 0 Å². The van der Waals surface area contributed by atoms with E-state index in [-0.39, 0.29) is 12.1 Å². The summed E-state index contributed by atoms with van der Waals surface area (Å²) in [7, 11) is 0. The van der Waals surface area contributed by atoms with Crippen molar-refractivity contribution in [2.45, 2.75) is 32.4 Å². The molecule has 2 heterocycles. The topological polar surface area (TPSA) is 47.0 Å². The van der Waals surface area contributed by atoms with Crippen LogP contribution in [-0.2, 0) is 0 Å². The maximum Gasteiger partial charge on any atom is 0.199 e. The molecule has 1 N–H and O–H groups in total. The number of anilines is 1. The third kappa shape index (κ3) is 1.50. The molecule has 0 amide bonds. The van der Waals surface area contributed by atoms with Gasteiger partial charge in [-0.25, -0.2) is 9.97 Å². The highest BCUT2D eigenvalue weighted by molar-refractivity contribution is 6.31. The number of hydrogen-bond donors (Lipinski definition) is 1. The van der Waals surface area contributed by atoms with Crippen LogP contribution in [-0.4, -0.2) is 22.1 Å². The van der Waals surface area contributed by atoms with Crippen LogP contribution < -0.4 is 10.1 Å². The molecule has 2 unspecified atom stereocenters. The van der Waals surface area contributed by atoms with Crippen LogP contribution in [0.4, 0.5) is 5.82 Å². The first-order valence-electron chi connectivity index (χ1n) is 4.66. The zero-order chi connectivity index (χ0) is 10.1. The highest BCUT2D eigenvalue weighted by atomic mass is 35.5. The van der Waals surface area contributed by atoms with E-state index < -0.39 is 0 Å². The van der Waals surface area contributed by atoms with Crippen molar-refractivity contribution >= 4 is 17.4 Å². The first-order chi connectivity index (χ1) is 6.72. The molecule has 2 rings (SSSR count). The van der Waals surface area contributed by atoms with Crippen LogP contribution in [0.3, 0.4) is 0 Å². The molecule has 0 saturated heterocycles. The molecule has 1 aliphatic heterocycles. The standard InChI is InChI=1S/C9H12ClN3O/c1-3-6-5(2)14-7-8(10)11-4-12-9(7)13-6/h4-6H,3H2,1-2H3,(H,11,12,13). The minimum Gasteiger partial charge on any atom is -0.482 e. The monoisotopic (exact) mass is 213 g/mol. The number of hydrogen-bond acceptors (Lipinski definition) is 4. The van der Waals surface area contributed by atoms with Crippen LogP contribution in [0.5, 0.6) is 5.75 Å². The molecular weight excluding hydrogens is 202 g/mol. The van der Waals surface area contributed by atoms with Crippen molar-refractivity contribution in [3.8, 4) is 5.75 Å². The zero-order valence-electron chi connectivity index (χ0n) is 8.12. The lowest BCUT2D eigenvalue weighted by Crippen LogP contribution is -2.39. The molecule has 0 radical (unpaired) electrons. The number of nitrogens with one attached hydrogen (secondary N) is 1. The summed E-state index contributed by atoms with van der Waals surface area (Å²) in [6.45, 7) is 4.11. The molecule has 2 atom stereocenters. The first kappa shape index (κ1) is 9.52. The first-order valence-corrected chi connectivity index (χ1v) is 5.04. The van der Waals surface area contributed by atoms with Crippen molar-refractivity contribution in [1.82, 2.24) is 9.97 Å². The fraction of sp³-hybridized carbons (Fsp3) is 0.556. The lowest BCUT2D eigenvalue weighted by molar-refractivity contribution is 0.182. The molecular formula is C9H12ClN3O. The lowest BCUT2D eigenvalue weighted by atomic mass is 10.1. The van der Waals surface area contributed by atoms with Crippen molar-refractivity contribution in [2.75, 3.05) is 5.32 Å². The fourth-order valence-corrected chi connectivity index (χ4v) is 1.73. The molecule has 0 aliphatic carbocycles. The van der Waals surface area contributed by atoms with Gasteiger partial charge in [0.2, 0.25) is 0 Å². The average molecular weight is 214 g/mol. The van der Waals surface area contributed by atoms with Crippen molar-refractivity contribution in [3.05, 3.63) is 11.5 Å². The van der Waals surface area contributed by atoms with Crippen LogP contribution in [0.15, 0.2) is 6.33 Å². The van der Waals surface area contributed by atoms with Gasteiger partial charge in [0, 0.05) is 0 Å². The predicted octanol–water partition coefficient (Wildman–Crippen LogP) is 2.10. The molecule has 5 heteroatoms. The van der Waals surface area contributed by atoms with Gasteiger partial charge in [0.25, 0.3) is 0 Å². The quantitative estimate of drug-likeness (QED) is 0.726. The summed E-state index contributed by atoms with van der Waals surface area (Å²) in [6.07, 6.45) is 2.51. The molecule has 0 bridgehead atoms. The van der Waals surface area contributed by atoms with Gasteiger partial charge in [0.15, 0.2) is 16.7 Å². The Hall–Kier alpha value is -1.03. The SMILES string of the molecule is CCC1Nc2ncnc(Cl)c2OC1C. The molecule has 1 aliphatic rings. The van der Waals surface area contributed by atoms with E-state index in [2.05, 4.69) is 22.2 Å². The molecule has 14 heavy (non-hydrogen) atoms. The summed E-state index contributed by atoms with van der Waals surface area (Å²) in [5.41, 5.74) is 0. The molecule has 1 aromatic rings. The average Bonchev–Trinajstić information content (AvgIpc) is 2.19. The number of aromatic nitrogens is 2. The zero-order valence-corrected chi connectivity index (χ0v) is 8.88. The van der Waals surface area contributed by atoms with Gasteiger partial charge >= 0.3 is 0 Å². The van der Waals surface area contributed by atoms with Crippen molar-refractivity contribution in [1.29, 1.82) is 0 Å². The van der Waals surface area contributed by atoms with Gasteiger partial charge in [0.1, 0.15) is 12.4 Å². The molecule has 0 spiro atoms. The van der Waals surface area contributed by atoms with Gasteiger partial charge < -0.3 is 10.1 Å². The summed E-state index contributed by atoms with van der Waals surface area (Å²) in [5, 5.41) is 3.64. The smallest absolute Gasteiger partial charge is 0.199 e. The van der Waals surface area contributed by atoms with Gasteiger partial charge in [-0.05, 0) is 13.3 Å². The lowest BCUT2D eigenvalue weighted by Gasteiger charge is -2.31. The van der Waals surface area contributed by atoms with Gasteiger partial charge in [-0.2, -0.15) is 0 Å². The van der Waals surface area contributed by atoms with Crippen LogP contribution in [0.25, 0.3) is 0 Å². The molecule has 0 saturated carbocycles. The third-order valence-corrected chi connectivity index (χ3v) is 2.66. The van der Waals surface area contributed by atoms with E-state index in [1.807, 2.05) is 6.92 Å². The van der Waals surface area contributed by atoms with Crippen LogP contribution >= 0.6 is 11.6 Å². The Labute approximate surface area is 87.7 Å². The minimum atomic E-state index is 0.0935. The summed E-state index contributed by atoms with van der Waals surface area (Å²) < 4.78 is 5.65. The summed E-state index contributed by atoms with van der Waals surface area (Å²) in [5.74, 6) is 1.25. The highest BCUT2D eigenvalue weighted by Crippen LogP contribution is 2.34. The van der Waals surface area contributed by atoms with Crippen molar-refractivity contribution in [3.63, 3.8) is 0 Å². The number of halogens is 1. The van der Waals surface area contributed by atoms with Crippen molar-refractivity contribution < 1.29 is 4.74 Å². The number of fused-ring (bicyclic) bond motifs is 1. The van der Waals surface area contributed by atoms with E-state index in [0.29, 0.717) is 16.7 Å². The summed E-state index contributed by atoms with van der Waals surface area (Å²) in [4.78, 5) is 7.95.